The SMILES string of the molecule is O=C(O)C1=CCC2C(=Cc3cnc4n3CCS4)C(=O)N12. The van der Waals surface area contributed by atoms with Gasteiger partial charge in [0.25, 0.3) is 5.91 Å². The molecule has 3 aliphatic rings. The summed E-state index contributed by atoms with van der Waals surface area (Å²) in [5.74, 6) is -0.239. The topological polar surface area (TPSA) is 75.4 Å². The van der Waals surface area contributed by atoms with E-state index in [0.29, 0.717) is 12.0 Å². The van der Waals surface area contributed by atoms with E-state index in [9.17, 15) is 9.59 Å². The van der Waals surface area contributed by atoms with Crippen LogP contribution in [0.15, 0.2) is 28.7 Å². The molecule has 102 valence electrons. The van der Waals surface area contributed by atoms with Crippen molar-refractivity contribution in [1.82, 2.24) is 14.5 Å². The Balaban J connectivity index is 1.64. The summed E-state index contributed by atoms with van der Waals surface area (Å²) >= 11 is 1.71. The maximum absolute atomic E-state index is 12.1. The summed E-state index contributed by atoms with van der Waals surface area (Å²) in [5.41, 5.74) is 1.71. The summed E-state index contributed by atoms with van der Waals surface area (Å²) in [7, 11) is 0. The fourth-order valence-corrected chi connectivity index (χ4v) is 3.83. The van der Waals surface area contributed by atoms with Gasteiger partial charge >= 0.3 is 5.97 Å². The number of hydrogen-bond acceptors (Lipinski definition) is 4. The smallest absolute Gasteiger partial charge is 0.352 e. The van der Waals surface area contributed by atoms with Crippen LogP contribution in [0.2, 0.25) is 0 Å². The molecule has 4 heterocycles. The van der Waals surface area contributed by atoms with E-state index < -0.39 is 5.97 Å². The Morgan fingerprint density at radius 1 is 1.55 bits per heavy atom. The molecule has 0 bridgehead atoms. The lowest BCUT2D eigenvalue weighted by molar-refractivity contribution is -0.142. The summed E-state index contributed by atoms with van der Waals surface area (Å²) in [4.78, 5) is 28.8. The lowest BCUT2D eigenvalue weighted by Gasteiger charge is -2.38. The quantitative estimate of drug-likeness (QED) is 0.648. The highest BCUT2D eigenvalue weighted by Gasteiger charge is 2.48. The second-order valence-corrected chi connectivity index (χ2v) is 5.95. The molecule has 0 aliphatic carbocycles. The van der Waals surface area contributed by atoms with Crippen molar-refractivity contribution >= 4 is 29.7 Å². The second kappa shape index (κ2) is 3.99. The van der Waals surface area contributed by atoms with Crippen LogP contribution in [0, 0.1) is 0 Å². The molecule has 4 rings (SSSR count). The van der Waals surface area contributed by atoms with Gasteiger partial charge in [-0.3, -0.25) is 9.69 Å². The maximum Gasteiger partial charge on any atom is 0.352 e. The first kappa shape index (κ1) is 11.8. The fourth-order valence-electron chi connectivity index (χ4n) is 2.89. The highest BCUT2D eigenvalue weighted by molar-refractivity contribution is 7.99. The van der Waals surface area contributed by atoms with Crippen LogP contribution in [0.4, 0.5) is 0 Å². The van der Waals surface area contributed by atoms with Crippen molar-refractivity contribution in [3.63, 3.8) is 0 Å². The number of aliphatic carboxylic acids is 1. The normalized spacial score (nSPS) is 25.5. The third kappa shape index (κ3) is 1.44. The number of imidazole rings is 1. The lowest BCUT2D eigenvalue weighted by Crippen LogP contribution is -2.52. The zero-order chi connectivity index (χ0) is 13.9. The number of carbonyl (C=O) groups is 2. The molecule has 1 aromatic heterocycles. The molecule has 1 N–H and O–H groups in total. The summed E-state index contributed by atoms with van der Waals surface area (Å²) < 4.78 is 2.09. The van der Waals surface area contributed by atoms with Crippen LogP contribution >= 0.6 is 11.8 Å². The minimum absolute atomic E-state index is 0.103. The largest absolute Gasteiger partial charge is 0.477 e. The van der Waals surface area contributed by atoms with Crippen LogP contribution in [-0.2, 0) is 16.1 Å². The van der Waals surface area contributed by atoms with Crippen LogP contribution in [-0.4, -0.2) is 43.2 Å². The van der Waals surface area contributed by atoms with Crippen LogP contribution in [0.3, 0.4) is 0 Å². The van der Waals surface area contributed by atoms with Crippen LogP contribution in [0.25, 0.3) is 6.08 Å². The van der Waals surface area contributed by atoms with E-state index >= 15 is 0 Å². The van der Waals surface area contributed by atoms with Crippen molar-refractivity contribution in [2.24, 2.45) is 0 Å². The first-order chi connectivity index (χ1) is 9.66. The molecule has 20 heavy (non-hydrogen) atoms. The number of thioether (sulfide) groups is 1. The number of carboxylic acid groups (broad SMARTS) is 1. The molecule has 6 nitrogen and oxygen atoms in total. The molecule has 3 aliphatic heterocycles. The second-order valence-electron chi connectivity index (χ2n) is 4.89. The molecule has 0 aromatic carbocycles. The molecule has 0 saturated carbocycles. The monoisotopic (exact) mass is 289 g/mol. The maximum atomic E-state index is 12.1. The zero-order valence-electron chi connectivity index (χ0n) is 10.4. The molecule has 1 atom stereocenters. The Hall–Kier alpha value is -2.02. The molecule has 1 amide bonds. The molecular weight excluding hydrogens is 278 g/mol. The number of amides is 1. The Kier molecular flexibility index (Phi) is 2.35. The molecule has 1 fully saturated rings. The van der Waals surface area contributed by atoms with Gasteiger partial charge in [-0.05, 0) is 12.5 Å². The number of β-lactam (4-membered cyclic amide) rings is 1. The predicted octanol–water partition coefficient (Wildman–Crippen LogP) is 0.955. The highest BCUT2D eigenvalue weighted by atomic mass is 32.2. The van der Waals surface area contributed by atoms with Gasteiger partial charge in [0.05, 0.1) is 17.9 Å². The summed E-state index contributed by atoms with van der Waals surface area (Å²) in [6.07, 6.45) is 5.81. The van der Waals surface area contributed by atoms with E-state index in [1.807, 2.05) is 6.08 Å². The van der Waals surface area contributed by atoms with Gasteiger partial charge in [-0.25, -0.2) is 9.78 Å². The Bertz CT molecular complexity index is 704. The third-order valence-electron chi connectivity index (χ3n) is 3.85. The van der Waals surface area contributed by atoms with Crippen LogP contribution in [0.5, 0.6) is 0 Å². The fraction of sp³-hybridized carbons (Fsp3) is 0.308. The minimum Gasteiger partial charge on any atom is -0.477 e. The van der Waals surface area contributed by atoms with E-state index in [1.165, 1.54) is 4.90 Å². The van der Waals surface area contributed by atoms with Gasteiger partial charge in [-0.15, -0.1) is 0 Å². The lowest BCUT2D eigenvalue weighted by atomic mass is 9.93. The third-order valence-corrected chi connectivity index (χ3v) is 4.82. The summed E-state index contributed by atoms with van der Waals surface area (Å²) in [5, 5.41) is 10.0. The highest BCUT2D eigenvalue weighted by Crippen LogP contribution is 2.39. The van der Waals surface area contributed by atoms with Gasteiger partial charge in [-0.1, -0.05) is 17.8 Å². The summed E-state index contributed by atoms with van der Waals surface area (Å²) in [6, 6.07) is -0.117. The van der Waals surface area contributed by atoms with Crippen LogP contribution in [0.1, 0.15) is 12.1 Å². The molecule has 1 aromatic rings. The van der Waals surface area contributed by atoms with E-state index in [2.05, 4.69) is 9.55 Å². The first-order valence-electron chi connectivity index (χ1n) is 6.34. The van der Waals surface area contributed by atoms with Gasteiger partial charge in [0, 0.05) is 17.9 Å². The Morgan fingerprint density at radius 3 is 3.20 bits per heavy atom. The van der Waals surface area contributed by atoms with Crippen molar-refractivity contribution in [3.05, 3.63) is 29.2 Å². The Morgan fingerprint density at radius 2 is 2.40 bits per heavy atom. The van der Waals surface area contributed by atoms with Crippen molar-refractivity contribution < 1.29 is 14.7 Å². The van der Waals surface area contributed by atoms with Gasteiger partial charge in [0.1, 0.15) is 5.70 Å². The number of carbonyl (C=O) groups excluding carboxylic acids is 1. The average molecular weight is 289 g/mol. The molecular formula is C13H11N3O3S. The van der Waals surface area contributed by atoms with Crippen molar-refractivity contribution in [2.75, 3.05) is 5.75 Å². The van der Waals surface area contributed by atoms with E-state index in [1.54, 1.807) is 24.0 Å². The standard InChI is InChI=1S/C13H11N3O3S/c17-11-8(9-1-2-10(12(18)19)16(9)11)5-7-6-14-13-15(7)3-4-20-13/h2,5-6,9H,1,3-4H2,(H,18,19). The van der Waals surface area contributed by atoms with E-state index in [-0.39, 0.29) is 17.6 Å². The van der Waals surface area contributed by atoms with Gasteiger partial charge < -0.3 is 9.67 Å². The van der Waals surface area contributed by atoms with Crippen LogP contribution < -0.4 is 0 Å². The molecule has 1 unspecified atom stereocenters. The summed E-state index contributed by atoms with van der Waals surface area (Å²) in [6.45, 7) is 0.903. The average Bonchev–Trinajstić information content (AvgIpc) is 3.09. The Labute approximate surface area is 118 Å². The van der Waals surface area contributed by atoms with Gasteiger partial charge in [-0.2, -0.15) is 0 Å². The zero-order valence-corrected chi connectivity index (χ0v) is 11.3. The molecule has 1 saturated heterocycles. The number of rotatable bonds is 2. The number of carboxylic acids is 1. The number of aromatic nitrogens is 2. The molecule has 7 heteroatoms. The van der Waals surface area contributed by atoms with E-state index in [0.717, 1.165) is 23.1 Å². The molecule has 0 radical (unpaired) electrons. The number of hydrogen-bond donors (Lipinski definition) is 1. The van der Waals surface area contributed by atoms with Crippen molar-refractivity contribution in [1.29, 1.82) is 0 Å². The predicted molar refractivity (Wildman–Crippen MR) is 71.9 cm³/mol. The number of nitrogens with zero attached hydrogens (tertiary/aromatic N) is 3. The van der Waals surface area contributed by atoms with E-state index in [4.69, 9.17) is 5.11 Å². The van der Waals surface area contributed by atoms with Crippen molar-refractivity contribution in [3.8, 4) is 0 Å². The number of fused-ring (bicyclic) bond motifs is 2. The van der Waals surface area contributed by atoms with Gasteiger partial charge in [0.15, 0.2) is 5.16 Å². The molecule has 0 spiro atoms. The minimum atomic E-state index is -1.04. The van der Waals surface area contributed by atoms with Gasteiger partial charge in [0.2, 0.25) is 0 Å². The van der Waals surface area contributed by atoms with Crippen molar-refractivity contribution in [2.45, 2.75) is 24.2 Å². The first-order valence-corrected chi connectivity index (χ1v) is 7.32.